The van der Waals surface area contributed by atoms with Crippen molar-refractivity contribution in [2.24, 2.45) is 0 Å². The molecule has 0 radical (unpaired) electrons. The summed E-state index contributed by atoms with van der Waals surface area (Å²) >= 11 is 0. The second-order valence-corrected chi connectivity index (χ2v) is 6.39. The van der Waals surface area contributed by atoms with E-state index in [0.29, 0.717) is 5.75 Å². The van der Waals surface area contributed by atoms with E-state index in [-0.39, 0.29) is 0 Å². The predicted molar refractivity (Wildman–Crippen MR) is 96.2 cm³/mol. The number of hydrogen-bond acceptors (Lipinski definition) is 1. The fourth-order valence-corrected chi connectivity index (χ4v) is 4.28. The third-order valence-electron chi connectivity index (χ3n) is 5.21. The van der Waals surface area contributed by atoms with Crippen molar-refractivity contribution in [2.75, 3.05) is 0 Å². The van der Waals surface area contributed by atoms with Crippen LogP contribution >= 0.6 is 0 Å². The third-order valence-corrected chi connectivity index (χ3v) is 5.21. The Balaban J connectivity index is 1.98. The minimum atomic E-state index is 0.325. The van der Waals surface area contributed by atoms with Gasteiger partial charge in [0.25, 0.3) is 0 Å². The molecule has 1 N–H and O–H groups in total. The highest BCUT2D eigenvalue weighted by Gasteiger charge is 2.24. The molecule has 0 amide bonds. The first-order chi connectivity index (χ1) is 11.3. The first-order valence-corrected chi connectivity index (χ1v) is 7.85. The lowest BCUT2D eigenvalue weighted by Gasteiger charge is -2.12. The minimum Gasteiger partial charge on any atom is -0.508 e. The lowest BCUT2D eigenvalue weighted by atomic mass is 9.91. The van der Waals surface area contributed by atoms with Crippen molar-refractivity contribution in [3.63, 3.8) is 0 Å². The summed E-state index contributed by atoms with van der Waals surface area (Å²) in [4.78, 5) is 0. The van der Waals surface area contributed by atoms with Gasteiger partial charge in [-0.25, -0.2) is 0 Å². The van der Waals surface area contributed by atoms with E-state index in [4.69, 9.17) is 0 Å². The average Bonchev–Trinajstić information content (AvgIpc) is 2.89. The van der Waals surface area contributed by atoms with E-state index >= 15 is 0 Å². The molecule has 1 heteroatoms. The summed E-state index contributed by atoms with van der Waals surface area (Å²) in [6.45, 7) is 0. The molecule has 1 aliphatic rings. The Bertz CT molecular complexity index is 1260. The average molecular weight is 292 g/mol. The number of benzene rings is 5. The Morgan fingerprint density at radius 1 is 0.478 bits per heavy atom. The Labute approximate surface area is 132 Å². The lowest BCUT2D eigenvalue weighted by Crippen LogP contribution is -1.85. The largest absolute Gasteiger partial charge is 0.508 e. The second-order valence-electron chi connectivity index (χ2n) is 6.39. The summed E-state index contributed by atoms with van der Waals surface area (Å²) in [5.41, 5.74) is 4.87. The van der Waals surface area contributed by atoms with Crippen molar-refractivity contribution in [3.8, 4) is 28.0 Å². The molecule has 0 heterocycles. The molecule has 0 atom stereocenters. The van der Waals surface area contributed by atoms with Crippen LogP contribution < -0.4 is 0 Å². The highest BCUT2D eigenvalue weighted by Crippen LogP contribution is 2.52. The normalized spacial score (nSPS) is 12.5. The molecule has 0 aliphatic heterocycles. The monoisotopic (exact) mass is 292 g/mol. The Morgan fingerprint density at radius 3 is 2.13 bits per heavy atom. The predicted octanol–water partition coefficient (Wildman–Crippen LogP) is 5.94. The molecule has 1 aliphatic carbocycles. The van der Waals surface area contributed by atoms with Crippen LogP contribution in [0.4, 0.5) is 0 Å². The molecule has 1 nitrogen and oxygen atoms in total. The van der Waals surface area contributed by atoms with Crippen molar-refractivity contribution >= 4 is 32.3 Å². The van der Waals surface area contributed by atoms with Gasteiger partial charge in [0.15, 0.2) is 0 Å². The maximum absolute atomic E-state index is 9.92. The summed E-state index contributed by atoms with van der Waals surface area (Å²) in [5, 5.41) is 17.8. The van der Waals surface area contributed by atoms with Crippen molar-refractivity contribution in [2.45, 2.75) is 0 Å². The van der Waals surface area contributed by atoms with Gasteiger partial charge >= 0.3 is 0 Å². The molecule has 0 fully saturated rings. The zero-order chi connectivity index (χ0) is 15.1. The summed E-state index contributed by atoms with van der Waals surface area (Å²) in [7, 11) is 0. The van der Waals surface area contributed by atoms with Gasteiger partial charge in [0, 0.05) is 0 Å². The fourth-order valence-electron chi connectivity index (χ4n) is 4.28. The number of fused-ring (bicyclic) bond motifs is 3. The van der Waals surface area contributed by atoms with E-state index in [0.717, 1.165) is 5.56 Å². The van der Waals surface area contributed by atoms with Crippen LogP contribution in [-0.2, 0) is 0 Å². The van der Waals surface area contributed by atoms with Crippen molar-refractivity contribution in [1.82, 2.24) is 0 Å². The van der Waals surface area contributed by atoms with Gasteiger partial charge < -0.3 is 5.11 Å². The molecule has 0 aromatic heterocycles. The zero-order valence-corrected chi connectivity index (χ0v) is 12.3. The van der Waals surface area contributed by atoms with Crippen LogP contribution in [0.25, 0.3) is 54.6 Å². The van der Waals surface area contributed by atoms with Crippen LogP contribution in [0.3, 0.4) is 0 Å². The van der Waals surface area contributed by atoms with E-state index in [1.807, 2.05) is 12.1 Å². The number of rotatable bonds is 0. The molecule has 0 spiro atoms. The quantitative estimate of drug-likeness (QED) is 0.344. The van der Waals surface area contributed by atoms with Crippen LogP contribution in [0.2, 0.25) is 0 Å². The molecule has 0 bridgehead atoms. The van der Waals surface area contributed by atoms with E-state index in [1.54, 1.807) is 6.07 Å². The van der Waals surface area contributed by atoms with Gasteiger partial charge in [-0.15, -0.1) is 0 Å². The Morgan fingerprint density at radius 2 is 1.22 bits per heavy atom. The first kappa shape index (κ1) is 11.5. The van der Waals surface area contributed by atoms with E-state index in [2.05, 4.69) is 48.5 Å². The number of phenols is 1. The highest BCUT2D eigenvalue weighted by atomic mass is 16.3. The standard InChI is InChI=1S/C22H12O/c23-15-7-9-16-18(11-15)17-8-6-13-5-4-12-2-1-3-14-10-19(16)22(17)21(13)20(12)14/h1-11,23H. The SMILES string of the molecule is Oc1ccc2c(c1)-c1ccc3ccc4cccc5cc-2c1c3c45. The van der Waals surface area contributed by atoms with Gasteiger partial charge in [-0.2, -0.15) is 0 Å². The Hall–Kier alpha value is -3.06. The number of hydrogen-bond donors (Lipinski definition) is 1. The molecule has 5 aromatic rings. The highest BCUT2D eigenvalue weighted by molar-refractivity contribution is 6.31. The molecule has 0 unspecified atom stereocenters. The molecule has 0 saturated carbocycles. The first-order valence-electron chi connectivity index (χ1n) is 7.85. The zero-order valence-electron chi connectivity index (χ0n) is 12.3. The van der Waals surface area contributed by atoms with Crippen LogP contribution in [0.15, 0.2) is 66.7 Å². The van der Waals surface area contributed by atoms with Crippen molar-refractivity contribution in [3.05, 3.63) is 66.7 Å². The summed E-state index contributed by atoms with van der Waals surface area (Å²) in [5.74, 6) is 0.325. The molecule has 0 saturated heterocycles. The van der Waals surface area contributed by atoms with Crippen LogP contribution in [0.1, 0.15) is 0 Å². The van der Waals surface area contributed by atoms with Crippen molar-refractivity contribution in [1.29, 1.82) is 0 Å². The van der Waals surface area contributed by atoms with E-state index in [9.17, 15) is 5.11 Å². The smallest absolute Gasteiger partial charge is 0.116 e. The van der Waals surface area contributed by atoms with Gasteiger partial charge in [0.05, 0.1) is 0 Å². The van der Waals surface area contributed by atoms with Gasteiger partial charge in [0.1, 0.15) is 5.75 Å². The van der Waals surface area contributed by atoms with Gasteiger partial charge in [-0.05, 0) is 72.8 Å². The number of phenolic OH excluding ortho intramolecular Hbond substituents is 1. The van der Waals surface area contributed by atoms with E-state index in [1.165, 1.54) is 49.0 Å². The summed E-state index contributed by atoms with van der Waals surface area (Å²) in [6.07, 6.45) is 0. The van der Waals surface area contributed by atoms with E-state index < -0.39 is 0 Å². The molecule has 106 valence electrons. The second kappa shape index (κ2) is 3.64. The minimum absolute atomic E-state index is 0.325. The molecule has 5 aromatic carbocycles. The summed E-state index contributed by atoms with van der Waals surface area (Å²) in [6, 6.07) is 23.3. The number of aromatic hydroxyl groups is 1. The topological polar surface area (TPSA) is 20.2 Å². The van der Waals surface area contributed by atoms with Gasteiger partial charge in [-0.3, -0.25) is 0 Å². The third kappa shape index (κ3) is 1.25. The van der Waals surface area contributed by atoms with Crippen LogP contribution in [0, 0.1) is 0 Å². The molecular formula is C22H12O. The van der Waals surface area contributed by atoms with Gasteiger partial charge in [-0.1, -0.05) is 48.5 Å². The molecule has 6 rings (SSSR count). The maximum atomic E-state index is 9.92. The maximum Gasteiger partial charge on any atom is 0.116 e. The van der Waals surface area contributed by atoms with Crippen LogP contribution in [-0.4, -0.2) is 5.11 Å². The summed E-state index contributed by atoms with van der Waals surface area (Å²) < 4.78 is 0. The lowest BCUT2D eigenvalue weighted by molar-refractivity contribution is 0.475. The molecule has 23 heavy (non-hydrogen) atoms. The van der Waals surface area contributed by atoms with Gasteiger partial charge in [0.2, 0.25) is 0 Å². The van der Waals surface area contributed by atoms with Crippen molar-refractivity contribution < 1.29 is 5.11 Å². The fraction of sp³-hybridized carbons (Fsp3) is 0. The Kier molecular flexibility index (Phi) is 1.82. The van der Waals surface area contributed by atoms with Crippen LogP contribution in [0.5, 0.6) is 5.75 Å². The molecular weight excluding hydrogens is 280 g/mol.